The third-order valence-electron chi connectivity index (χ3n) is 1.68. The van der Waals surface area contributed by atoms with Crippen molar-refractivity contribution in [2.24, 2.45) is 0 Å². The minimum absolute atomic E-state index is 0.0955. The molecule has 0 aliphatic carbocycles. The Morgan fingerprint density at radius 3 is 2.50 bits per heavy atom. The third kappa shape index (κ3) is 3.24. The molecule has 0 bridgehead atoms. The van der Waals surface area contributed by atoms with E-state index >= 15 is 0 Å². The highest BCUT2D eigenvalue weighted by atomic mass is 19.1. The Morgan fingerprint density at radius 1 is 1.44 bits per heavy atom. The molecular formula is C11H9F2NO2. The SMILES string of the molecule is CC(=O)NCC#Cc1cc(F)c(O)c(F)c1. The van der Waals surface area contributed by atoms with Gasteiger partial charge in [-0.3, -0.25) is 4.79 Å². The molecule has 0 aromatic heterocycles. The smallest absolute Gasteiger partial charge is 0.217 e. The summed E-state index contributed by atoms with van der Waals surface area (Å²) in [6.45, 7) is 1.43. The van der Waals surface area contributed by atoms with E-state index in [1.165, 1.54) is 6.92 Å². The van der Waals surface area contributed by atoms with Crippen LogP contribution in [0.1, 0.15) is 12.5 Å². The van der Waals surface area contributed by atoms with Crippen molar-refractivity contribution in [1.29, 1.82) is 0 Å². The molecule has 0 fully saturated rings. The average Bonchev–Trinajstić information content (AvgIpc) is 2.20. The molecule has 0 radical (unpaired) electrons. The number of hydrogen-bond donors (Lipinski definition) is 2. The molecule has 0 aliphatic rings. The lowest BCUT2D eigenvalue weighted by Crippen LogP contribution is -2.19. The first-order valence-electron chi connectivity index (χ1n) is 4.42. The van der Waals surface area contributed by atoms with Gasteiger partial charge in [-0.15, -0.1) is 0 Å². The quantitative estimate of drug-likeness (QED) is 0.704. The van der Waals surface area contributed by atoms with E-state index in [4.69, 9.17) is 5.11 Å². The molecule has 16 heavy (non-hydrogen) atoms. The molecule has 1 aromatic rings. The van der Waals surface area contributed by atoms with Crippen molar-refractivity contribution in [3.8, 4) is 17.6 Å². The van der Waals surface area contributed by atoms with Gasteiger partial charge < -0.3 is 10.4 Å². The Kier molecular flexibility index (Phi) is 3.84. The van der Waals surface area contributed by atoms with Crippen LogP contribution in [0.2, 0.25) is 0 Å². The largest absolute Gasteiger partial charge is 0.503 e. The Bertz CT molecular complexity index is 452. The molecule has 0 spiro atoms. The fraction of sp³-hybridized carbons (Fsp3) is 0.182. The van der Waals surface area contributed by atoms with Crippen LogP contribution < -0.4 is 5.32 Å². The van der Waals surface area contributed by atoms with Gasteiger partial charge in [-0.2, -0.15) is 0 Å². The maximum atomic E-state index is 12.8. The average molecular weight is 225 g/mol. The summed E-state index contributed by atoms with van der Waals surface area (Å²) in [7, 11) is 0. The summed E-state index contributed by atoms with van der Waals surface area (Å²) < 4.78 is 25.7. The minimum atomic E-state index is -1.07. The van der Waals surface area contributed by atoms with Crippen LogP contribution in [0, 0.1) is 23.5 Å². The van der Waals surface area contributed by atoms with Crippen molar-refractivity contribution < 1.29 is 18.7 Å². The molecule has 0 aliphatic heterocycles. The second-order valence-electron chi connectivity index (χ2n) is 3.00. The van der Waals surface area contributed by atoms with E-state index in [-0.39, 0.29) is 18.0 Å². The number of benzene rings is 1. The molecule has 0 saturated carbocycles. The van der Waals surface area contributed by atoms with Gasteiger partial charge in [0, 0.05) is 12.5 Å². The minimum Gasteiger partial charge on any atom is -0.503 e. The van der Waals surface area contributed by atoms with E-state index in [2.05, 4.69) is 17.2 Å². The molecule has 5 heteroatoms. The number of amides is 1. The van der Waals surface area contributed by atoms with Gasteiger partial charge in [-0.05, 0) is 12.1 Å². The van der Waals surface area contributed by atoms with Gasteiger partial charge in [-0.25, -0.2) is 8.78 Å². The molecule has 0 saturated heterocycles. The van der Waals surface area contributed by atoms with Crippen LogP contribution in [0.5, 0.6) is 5.75 Å². The summed E-state index contributed by atoms with van der Waals surface area (Å²) >= 11 is 0. The summed E-state index contributed by atoms with van der Waals surface area (Å²) in [5, 5.41) is 11.2. The number of phenolic OH excluding ortho intramolecular Hbond substituents is 1. The summed E-state index contributed by atoms with van der Waals surface area (Å²) in [6, 6.07) is 1.83. The normalized spacial score (nSPS) is 9.19. The predicted octanol–water partition coefficient (Wildman–Crippen LogP) is 1.16. The molecule has 1 rings (SSSR count). The first-order valence-corrected chi connectivity index (χ1v) is 4.42. The number of carbonyl (C=O) groups excluding carboxylic acids is 1. The van der Waals surface area contributed by atoms with Crippen LogP contribution in [0.15, 0.2) is 12.1 Å². The summed E-state index contributed by atoms with van der Waals surface area (Å²) in [6.07, 6.45) is 0. The third-order valence-corrected chi connectivity index (χ3v) is 1.68. The first kappa shape index (κ1) is 12.0. The molecule has 1 amide bonds. The summed E-state index contributed by atoms with van der Waals surface area (Å²) in [4.78, 5) is 10.5. The lowest BCUT2D eigenvalue weighted by Gasteiger charge is -1.97. The fourth-order valence-corrected chi connectivity index (χ4v) is 0.953. The summed E-state index contributed by atoms with van der Waals surface area (Å²) in [5.74, 6) is 1.57. The van der Waals surface area contributed by atoms with Gasteiger partial charge in [0.1, 0.15) is 0 Å². The molecule has 1 aromatic carbocycles. The Hall–Kier alpha value is -2.09. The highest BCUT2D eigenvalue weighted by molar-refractivity contribution is 5.73. The van der Waals surface area contributed by atoms with Crippen molar-refractivity contribution in [2.45, 2.75) is 6.92 Å². The molecule has 84 valence electrons. The number of nitrogens with one attached hydrogen (secondary N) is 1. The number of hydrogen-bond acceptors (Lipinski definition) is 2. The zero-order chi connectivity index (χ0) is 12.1. The second kappa shape index (κ2) is 5.12. The van der Waals surface area contributed by atoms with Crippen LogP contribution in [0.4, 0.5) is 8.78 Å². The maximum absolute atomic E-state index is 12.8. The molecule has 0 unspecified atom stereocenters. The number of rotatable bonds is 1. The van der Waals surface area contributed by atoms with Crippen molar-refractivity contribution in [3.63, 3.8) is 0 Å². The van der Waals surface area contributed by atoms with Gasteiger partial charge >= 0.3 is 0 Å². The Labute approximate surface area is 91.1 Å². The molecule has 0 heterocycles. The lowest BCUT2D eigenvalue weighted by atomic mass is 10.2. The van der Waals surface area contributed by atoms with E-state index in [9.17, 15) is 13.6 Å². The highest BCUT2D eigenvalue weighted by Crippen LogP contribution is 2.20. The van der Waals surface area contributed by atoms with E-state index in [0.29, 0.717) is 0 Å². The van der Waals surface area contributed by atoms with Crippen LogP contribution in [-0.2, 0) is 4.79 Å². The van der Waals surface area contributed by atoms with Crippen LogP contribution in [-0.4, -0.2) is 17.6 Å². The fourth-order valence-electron chi connectivity index (χ4n) is 0.953. The Morgan fingerprint density at radius 2 is 2.00 bits per heavy atom. The molecule has 0 atom stereocenters. The zero-order valence-electron chi connectivity index (χ0n) is 8.47. The topological polar surface area (TPSA) is 49.3 Å². The number of carbonyl (C=O) groups is 1. The van der Waals surface area contributed by atoms with E-state index in [1.54, 1.807) is 0 Å². The van der Waals surface area contributed by atoms with Crippen molar-refractivity contribution in [1.82, 2.24) is 5.32 Å². The standard InChI is InChI=1S/C11H9F2NO2/c1-7(15)14-4-2-3-8-5-9(12)11(16)10(13)6-8/h5-6,16H,4H2,1H3,(H,14,15). The van der Waals surface area contributed by atoms with Gasteiger partial charge in [-0.1, -0.05) is 11.8 Å². The van der Waals surface area contributed by atoms with Gasteiger partial charge in [0.15, 0.2) is 17.4 Å². The van der Waals surface area contributed by atoms with Gasteiger partial charge in [0.05, 0.1) is 6.54 Å². The lowest BCUT2D eigenvalue weighted by molar-refractivity contribution is -0.118. The second-order valence-corrected chi connectivity index (χ2v) is 3.00. The van der Waals surface area contributed by atoms with Crippen LogP contribution >= 0.6 is 0 Å². The van der Waals surface area contributed by atoms with Crippen molar-refractivity contribution in [3.05, 3.63) is 29.3 Å². The first-order chi connectivity index (χ1) is 7.50. The zero-order valence-corrected chi connectivity index (χ0v) is 8.47. The number of phenols is 1. The van der Waals surface area contributed by atoms with Crippen molar-refractivity contribution >= 4 is 5.91 Å². The van der Waals surface area contributed by atoms with Crippen LogP contribution in [0.25, 0.3) is 0 Å². The number of halogens is 2. The van der Waals surface area contributed by atoms with Gasteiger partial charge in [0.25, 0.3) is 0 Å². The Balaban J connectivity index is 2.78. The predicted molar refractivity (Wildman–Crippen MR) is 53.6 cm³/mol. The maximum Gasteiger partial charge on any atom is 0.217 e. The van der Waals surface area contributed by atoms with Crippen LogP contribution in [0.3, 0.4) is 0 Å². The van der Waals surface area contributed by atoms with Crippen molar-refractivity contribution in [2.75, 3.05) is 6.54 Å². The summed E-state index contributed by atoms with van der Waals surface area (Å²) in [5.41, 5.74) is 0.0955. The number of aromatic hydroxyl groups is 1. The van der Waals surface area contributed by atoms with Gasteiger partial charge in [0.2, 0.25) is 5.91 Å². The molecular weight excluding hydrogens is 216 g/mol. The van der Waals surface area contributed by atoms with E-state index < -0.39 is 17.4 Å². The monoisotopic (exact) mass is 225 g/mol. The van der Waals surface area contributed by atoms with E-state index in [0.717, 1.165) is 12.1 Å². The highest BCUT2D eigenvalue weighted by Gasteiger charge is 2.07. The van der Waals surface area contributed by atoms with E-state index in [1.807, 2.05) is 0 Å². The molecule has 3 nitrogen and oxygen atoms in total. The molecule has 2 N–H and O–H groups in total.